The maximum Gasteiger partial charge on any atom is 1.00 e. The van der Waals surface area contributed by atoms with Crippen LogP contribution >= 0.6 is 0 Å². The van der Waals surface area contributed by atoms with E-state index in [1.807, 2.05) is 0 Å². The van der Waals surface area contributed by atoms with Crippen molar-refractivity contribution in [2.24, 2.45) is 0 Å². The Morgan fingerprint density at radius 1 is 0.160 bits per heavy atom. The Bertz CT molecular complexity index is 237. The molecule has 288 valence electrons. The van der Waals surface area contributed by atoms with Gasteiger partial charge in [-0.2, -0.15) is 0 Å². The molecule has 0 aromatic rings. The summed E-state index contributed by atoms with van der Waals surface area (Å²) in [5, 5.41) is 260. The van der Waals surface area contributed by atoms with Crippen molar-refractivity contribution in [2.45, 2.75) is 0 Å². The fraction of sp³-hybridized carbons (Fsp3) is 0. The van der Waals surface area contributed by atoms with Crippen molar-refractivity contribution in [1.82, 2.24) is 0 Å². The molecule has 50 heavy (non-hydrogen) atoms. The predicted molar refractivity (Wildman–Crippen MR) is 144 cm³/mol. The van der Waals surface area contributed by atoms with Crippen molar-refractivity contribution < 1.29 is 240 Å². The van der Waals surface area contributed by atoms with Gasteiger partial charge in [0, 0.05) is 0 Å². The summed E-state index contributed by atoms with van der Waals surface area (Å²) in [5.41, 5.74) is 0. The van der Waals surface area contributed by atoms with Crippen LogP contribution in [-0.4, -0.2) is 259 Å². The van der Waals surface area contributed by atoms with Gasteiger partial charge in [-0.3, -0.25) is 0 Å². The molecule has 0 spiro atoms. The van der Waals surface area contributed by atoms with Crippen LogP contribution in [0.2, 0.25) is 0 Å². The first-order valence-corrected chi connectivity index (χ1v) is 9.25. The van der Waals surface area contributed by atoms with Crippen LogP contribution in [-0.2, 0) is 0 Å². The van der Waals surface area contributed by atoms with E-state index in [-0.39, 0.29) is 59.1 Å². The van der Waals surface area contributed by atoms with Crippen molar-refractivity contribution in [1.29, 1.82) is 0 Å². The Hall–Kier alpha value is 1.34. The quantitative estimate of drug-likeness (QED) is 0.101. The monoisotopic (exact) mass is 788 g/mol. The van der Waals surface area contributed by atoms with Gasteiger partial charge in [0.2, 0.25) is 0 Å². The molecule has 0 unspecified atom stereocenters. The van der Waals surface area contributed by atoms with Gasteiger partial charge < -0.3 is 181 Å². The summed E-state index contributed by atoms with van der Waals surface area (Å²) in [6.07, 6.45) is 0. The second kappa shape index (κ2) is 87.9. The molecule has 0 heterocycles. The average molecular weight is 786 g/mol. The first-order chi connectivity index (χ1) is 20.8. The van der Waals surface area contributed by atoms with Gasteiger partial charge in [-0.1, -0.05) is 0 Å². The van der Waals surface area contributed by atoms with Gasteiger partial charge in [0.15, 0.2) is 0 Å². The van der Waals surface area contributed by atoms with E-state index in [1.54, 1.807) is 0 Å². The van der Waals surface area contributed by atoms with Crippen molar-refractivity contribution in [3.63, 3.8) is 0 Å². The van der Waals surface area contributed by atoms with Crippen LogP contribution in [0.15, 0.2) is 0 Å². The van der Waals surface area contributed by atoms with Crippen LogP contribution < -0.4 is 69.2 Å². The summed E-state index contributed by atoms with van der Waals surface area (Å²) in [6.45, 7) is 0. The number of rotatable bonds is 0. The normalized spacial score (nSPS) is 6.48. The van der Waals surface area contributed by atoms with Crippen molar-refractivity contribution in [3.05, 3.63) is 0 Å². The van der Waals surface area contributed by atoms with Crippen LogP contribution in [0.5, 0.6) is 0 Å². The largest absolute Gasteiger partial charge is 1.00 e. The van der Waals surface area contributed by atoms with E-state index in [0.717, 1.165) is 0 Å². The zero-order valence-electron chi connectivity index (χ0n) is 24.9. The van der Waals surface area contributed by atoms with E-state index >= 15 is 0 Å². The Labute approximate surface area is 326 Å². The summed E-state index contributed by atoms with van der Waals surface area (Å²) < 4.78 is 0. The maximum absolute atomic E-state index is 8.53. The van der Waals surface area contributed by atoms with Crippen LogP contribution in [0.25, 0.3) is 0 Å². The second-order valence-electron chi connectivity index (χ2n) is 4.12. The van der Waals surface area contributed by atoms with E-state index < -0.39 is 87.9 Å². The Morgan fingerprint density at radius 2 is 0.160 bits per heavy atom. The smallest absolute Gasteiger partial charge is 0.871 e. The third-order valence-corrected chi connectivity index (χ3v) is 0. The van der Waals surface area contributed by atoms with Gasteiger partial charge in [0.1, 0.15) is 0 Å². The molecule has 0 bridgehead atoms. The minimum absolute atomic E-state index is 0. The molecule has 0 atom stereocenters. The van der Waals surface area contributed by atoms with E-state index in [4.69, 9.17) is 181 Å². The first kappa shape index (κ1) is 93.3. The Kier molecular flexibility index (Phi) is 164. The molecular formula is H34B12Na2O36. The van der Waals surface area contributed by atoms with Gasteiger partial charge >= 0.3 is 140 Å². The molecule has 0 aromatic heterocycles. The van der Waals surface area contributed by atoms with Crippen LogP contribution in [0, 0.1) is 0 Å². The van der Waals surface area contributed by atoms with Gasteiger partial charge in [0.05, 0.1) is 7.32 Å². The Balaban J connectivity index is -0.0000000235. The zero-order valence-corrected chi connectivity index (χ0v) is 28.9. The molecular weight excluding hydrogens is 752 g/mol. The van der Waals surface area contributed by atoms with Gasteiger partial charge in [-0.05, 0) is 0 Å². The number of hydrogen-bond donors (Lipinski definition) is 34. The van der Waals surface area contributed by atoms with Crippen LogP contribution in [0.4, 0.5) is 0 Å². The van der Waals surface area contributed by atoms with Crippen LogP contribution in [0.1, 0.15) is 0 Å². The molecule has 0 aromatic carbocycles. The molecule has 0 rings (SSSR count). The van der Waals surface area contributed by atoms with Crippen LogP contribution in [0.3, 0.4) is 0 Å². The maximum atomic E-state index is 8.53. The summed E-state index contributed by atoms with van der Waals surface area (Å²) in [4.78, 5) is 0. The zero-order chi connectivity index (χ0) is 42.9. The SMILES string of the molecule is OB(O)O.OB(O)O.OB(O)O.OB(O)O.OB(O)O.OB(O)O.OB(O)O.OB(O)O.OB(O)O.OB(O)O.OB(O)O.[Na+].[Na+].[O-]B([O-])O. The van der Waals surface area contributed by atoms with Gasteiger partial charge in [-0.25, -0.2) is 0 Å². The van der Waals surface area contributed by atoms with E-state index in [0.29, 0.717) is 0 Å². The number of hydrogen-bond acceptors (Lipinski definition) is 36. The minimum Gasteiger partial charge on any atom is -0.871 e. The molecule has 0 amide bonds. The Morgan fingerprint density at radius 3 is 0.160 bits per heavy atom. The molecule has 0 aliphatic rings. The van der Waals surface area contributed by atoms with Crippen molar-refractivity contribution in [3.8, 4) is 0 Å². The molecule has 0 fully saturated rings. The summed E-state index contributed by atoms with van der Waals surface area (Å²) in [6, 6.07) is 0. The summed E-state index contributed by atoms with van der Waals surface area (Å²) >= 11 is 0. The molecule has 0 radical (unpaired) electrons. The molecule has 34 N–H and O–H groups in total. The minimum atomic E-state index is -2.67. The summed E-state index contributed by atoms with van der Waals surface area (Å²) in [5.74, 6) is 0. The first-order valence-electron chi connectivity index (χ1n) is 9.25. The van der Waals surface area contributed by atoms with E-state index in [1.165, 1.54) is 0 Å². The van der Waals surface area contributed by atoms with Crippen molar-refractivity contribution >= 4 is 87.9 Å². The molecule has 50 heteroatoms. The molecule has 36 nitrogen and oxygen atoms in total. The third kappa shape index (κ3) is 64300. The fourth-order valence-corrected chi connectivity index (χ4v) is 0. The topological polar surface area (TPSA) is 734 Å². The van der Waals surface area contributed by atoms with E-state index in [2.05, 4.69) is 0 Å². The average Bonchev–Trinajstić information content (AvgIpc) is 2.61. The second-order valence-corrected chi connectivity index (χ2v) is 4.12. The molecule has 0 aliphatic carbocycles. The summed E-state index contributed by atoms with van der Waals surface area (Å²) in [7, 11) is -26.5. The molecule has 0 saturated carbocycles. The van der Waals surface area contributed by atoms with Crippen molar-refractivity contribution in [2.75, 3.05) is 0 Å². The van der Waals surface area contributed by atoms with Gasteiger partial charge in [0.25, 0.3) is 0 Å². The molecule has 0 saturated heterocycles. The standard InChI is InChI=1S/11BH3O3.BHO3.2Na/c12*2-1(3)4;;/h11*2-4H;2H;;/q;;;;;;;;;;;-2;2*+1. The fourth-order valence-electron chi connectivity index (χ4n) is 0. The third-order valence-electron chi connectivity index (χ3n) is 0. The predicted octanol–water partition coefficient (Wildman–Crippen LogP) is -31.9. The van der Waals surface area contributed by atoms with Gasteiger partial charge in [-0.15, -0.1) is 0 Å². The molecule has 0 aliphatic heterocycles. The van der Waals surface area contributed by atoms with E-state index in [9.17, 15) is 0 Å².